The molecule has 9 aromatic carbocycles. The summed E-state index contributed by atoms with van der Waals surface area (Å²) < 4.78 is 5.45. The third-order valence-electron chi connectivity index (χ3n) is 10.5. The minimum atomic E-state index is 1.26. The Morgan fingerprint density at radius 2 is 0.878 bits per heavy atom. The maximum atomic E-state index is 2.51. The van der Waals surface area contributed by atoms with Crippen molar-refractivity contribution >= 4 is 106 Å². The molecule has 2 aromatic heterocycles. The standard InChI is InChI=1S/C47H28S2/c1-27-24-31-26-38(47-45(37-19-9-11-21-40(37)49-47)42(31)44-36-18-8-10-20-39(36)48-46(27)44)43-34-16-6-4-14-32(34)41(33-15-5-7-17-35(33)43)30-23-22-28-12-2-3-13-29(28)25-30/h2-26H,1H3. The lowest BCUT2D eigenvalue weighted by molar-refractivity contribution is 1.59. The molecule has 0 atom stereocenters. The Balaban J connectivity index is 1.34. The van der Waals surface area contributed by atoms with Crippen molar-refractivity contribution in [2.75, 3.05) is 0 Å². The van der Waals surface area contributed by atoms with Crippen molar-refractivity contribution < 1.29 is 0 Å². The normalized spacial score (nSPS) is 12.2. The molecule has 2 heterocycles. The fourth-order valence-electron chi connectivity index (χ4n) is 8.43. The van der Waals surface area contributed by atoms with Crippen LogP contribution in [0.2, 0.25) is 0 Å². The van der Waals surface area contributed by atoms with Crippen LogP contribution in [-0.4, -0.2) is 0 Å². The summed E-state index contributed by atoms with van der Waals surface area (Å²) in [5.74, 6) is 0. The molecule has 11 aromatic rings. The first-order valence-corrected chi connectivity index (χ1v) is 18.5. The summed E-state index contributed by atoms with van der Waals surface area (Å²) in [6.07, 6.45) is 0. The van der Waals surface area contributed by atoms with Crippen molar-refractivity contribution in [3.05, 3.63) is 157 Å². The van der Waals surface area contributed by atoms with Gasteiger partial charge in [-0.1, -0.05) is 121 Å². The Hall–Kier alpha value is -5.54. The van der Waals surface area contributed by atoms with Crippen LogP contribution in [0.25, 0.3) is 106 Å². The van der Waals surface area contributed by atoms with Crippen LogP contribution in [0.3, 0.4) is 0 Å². The molecule has 0 aliphatic rings. The number of hydrogen-bond acceptors (Lipinski definition) is 2. The van der Waals surface area contributed by atoms with Crippen LogP contribution in [-0.2, 0) is 0 Å². The van der Waals surface area contributed by atoms with Crippen molar-refractivity contribution in [2.45, 2.75) is 6.92 Å². The van der Waals surface area contributed by atoms with Crippen LogP contribution in [0, 0.1) is 6.92 Å². The molecule has 11 rings (SSSR count). The van der Waals surface area contributed by atoms with Gasteiger partial charge < -0.3 is 0 Å². The molecule has 0 N–H and O–H groups in total. The van der Waals surface area contributed by atoms with Gasteiger partial charge in [-0.05, 0) is 97.2 Å². The van der Waals surface area contributed by atoms with Crippen LogP contribution < -0.4 is 0 Å². The topological polar surface area (TPSA) is 0 Å². The number of thiophene rings is 2. The van der Waals surface area contributed by atoms with Gasteiger partial charge >= 0.3 is 0 Å². The van der Waals surface area contributed by atoms with E-state index in [1.807, 2.05) is 22.7 Å². The molecule has 0 unspecified atom stereocenters. The van der Waals surface area contributed by atoms with Crippen molar-refractivity contribution in [1.29, 1.82) is 0 Å². The number of benzene rings is 9. The highest BCUT2D eigenvalue weighted by molar-refractivity contribution is 7.27. The first kappa shape index (κ1) is 27.4. The van der Waals surface area contributed by atoms with E-state index in [2.05, 4.69) is 159 Å². The zero-order valence-electron chi connectivity index (χ0n) is 26.8. The van der Waals surface area contributed by atoms with Gasteiger partial charge in [0.15, 0.2) is 0 Å². The van der Waals surface area contributed by atoms with Gasteiger partial charge in [0.25, 0.3) is 0 Å². The first-order valence-electron chi connectivity index (χ1n) is 16.8. The highest BCUT2D eigenvalue weighted by Gasteiger charge is 2.23. The summed E-state index contributed by atoms with van der Waals surface area (Å²) in [5, 5.41) is 15.9. The average Bonchev–Trinajstić information content (AvgIpc) is 3.74. The highest BCUT2D eigenvalue weighted by Crippen LogP contribution is 2.52. The van der Waals surface area contributed by atoms with Gasteiger partial charge in [0.2, 0.25) is 0 Å². The van der Waals surface area contributed by atoms with E-state index >= 15 is 0 Å². The fraction of sp³-hybridized carbons (Fsp3) is 0.0213. The predicted octanol–water partition coefficient (Wildman–Crippen LogP) is 14.7. The second kappa shape index (κ2) is 10.2. The third kappa shape index (κ3) is 3.84. The predicted molar refractivity (Wildman–Crippen MR) is 218 cm³/mol. The summed E-state index contributed by atoms with van der Waals surface area (Å²) in [6.45, 7) is 2.29. The van der Waals surface area contributed by atoms with Gasteiger partial charge in [0.1, 0.15) is 0 Å². The number of rotatable bonds is 2. The van der Waals surface area contributed by atoms with Crippen molar-refractivity contribution in [3.63, 3.8) is 0 Å². The Kier molecular flexibility index (Phi) is 5.72. The van der Waals surface area contributed by atoms with Crippen LogP contribution in [0.15, 0.2) is 152 Å². The second-order valence-electron chi connectivity index (χ2n) is 13.2. The molecule has 2 heteroatoms. The van der Waals surface area contributed by atoms with Crippen LogP contribution in [0.4, 0.5) is 0 Å². The zero-order chi connectivity index (χ0) is 32.2. The molecule has 0 radical (unpaired) electrons. The molecule has 0 fully saturated rings. The smallest absolute Gasteiger partial charge is 0.0440 e. The lowest BCUT2D eigenvalue weighted by Crippen LogP contribution is -1.92. The van der Waals surface area contributed by atoms with Gasteiger partial charge in [0, 0.05) is 51.3 Å². The van der Waals surface area contributed by atoms with Crippen molar-refractivity contribution in [1.82, 2.24) is 0 Å². The molecular weight excluding hydrogens is 629 g/mol. The van der Waals surface area contributed by atoms with E-state index < -0.39 is 0 Å². The number of aryl methyl sites for hydroxylation is 1. The molecular formula is C47H28S2. The van der Waals surface area contributed by atoms with Gasteiger partial charge in [-0.2, -0.15) is 0 Å². The molecule has 0 nitrogen and oxygen atoms in total. The summed E-state index contributed by atoms with van der Waals surface area (Å²) in [7, 11) is 0. The average molecular weight is 657 g/mol. The van der Waals surface area contributed by atoms with E-state index in [1.54, 1.807) is 0 Å². The van der Waals surface area contributed by atoms with E-state index in [4.69, 9.17) is 0 Å². The maximum Gasteiger partial charge on any atom is 0.0440 e. The molecule has 0 spiro atoms. The lowest BCUT2D eigenvalue weighted by Gasteiger charge is -2.19. The minimum absolute atomic E-state index is 1.26. The molecule has 0 aliphatic carbocycles. The molecule has 0 bridgehead atoms. The molecule has 0 saturated carbocycles. The van der Waals surface area contributed by atoms with Crippen molar-refractivity contribution in [2.24, 2.45) is 0 Å². The Morgan fingerprint density at radius 3 is 1.53 bits per heavy atom. The second-order valence-corrected chi connectivity index (χ2v) is 15.3. The van der Waals surface area contributed by atoms with Gasteiger partial charge in [-0.25, -0.2) is 0 Å². The first-order chi connectivity index (χ1) is 24.2. The molecule has 0 saturated heterocycles. The summed E-state index contributed by atoms with van der Waals surface area (Å²) >= 11 is 3.87. The molecule has 49 heavy (non-hydrogen) atoms. The van der Waals surface area contributed by atoms with E-state index in [0.717, 1.165) is 0 Å². The number of fused-ring (bicyclic) bond motifs is 12. The van der Waals surface area contributed by atoms with E-state index in [1.165, 1.54) is 111 Å². The Bertz CT molecular complexity index is 3120. The highest BCUT2D eigenvalue weighted by atomic mass is 32.1. The monoisotopic (exact) mass is 656 g/mol. The van der Waals surface area contributed by atoms with Crippen LogP contribution in [0.5, 0.6) is 0 Å². The molecule has 228 valence electrons. The Morgan fingerprint density at radius 1 is 0.367 bits per heavy atom. The molecule has 0 amide bonds. The summed E-state index contributed by atoms with van der Waals surface area (Å²) in [6, 6.07) is 56.6. The van der Waals surface area contributed by atoms with Crippen molar-refractivity contribution in [3.8, 4) is 22.3 Å². The summed E-state index contributed by atoms with van der Waals surface area (Å²) in [4.78, 5) is 0. The van der Waals surface area contributed by atoms with Crippen LogP contribution >= 0.6 is 22.7 Å². The largest absolute Gasteiger partial charge is 0.135 e. The fourth-order valence-corrected chi connectivity index (χ4v) is 10.8. The van der Waals surface area contributed by atoms with Gasteiger partial charge in [-0.15, -0.1) is 22.7 Å². The zero-order valence-corrected chi connectivity index (χ0v) is 28.4. The quantitative estimate of drug-likeness (QED) is 0.162. The SMILES string of the molecule is Cc1cc2cc(-c3c4ccccc4c(-c4ccc5ccccc5c4)c4ccccc34)c3sc4ccccc4c3c2c2c1sc1ccccc12. The number of hydrogen-bond donors (Lipinski definition) is 0. The minimum Gasteiger partial charge on any atom is -0.135 e. The third-order valence-corrected chi connectivity index (χ3v) is 13.0. The Labute approximate surface area is 291 Å². The van der Waals surface area contributed by atoms with E-state index in [0.29, 0.717) is 0 Å². The lowest BCUT2D eigenvalue weighted by atomic mass is 9.84. The van der Waals surface area contributed by atoms with E-state index in [-0.39, 0.29) is 0 Å². The summed E-state index contributed by atoms with van der Waals surface area (Å²) in [5.41, 5.74) is 6.54. The van der Waals surface area contributed by atoms with Gasteiger partial charge in [0.05, 0.1) is 0 Å². The molecule has 0 aliphatic heterocycles. The van der Waals surface area contributed by atoms with Crippen LogP contribution in [0.1, 0.15) is 5.56 Å². The van der Waals surface area contributed by atoms with Gasteiger partial charge in [-0.3, -0.25) is 0 Å². The van der Waals surface area contributed by atoms with E-state index in [9.17, 15) is 0 Å². The maximum absolute atomic E-state index is 2.51.